The first-order valence-electron chi connectivity index (χ1n) is 2.48. The van der Waals surface area contributed by atoms with Crippen molar-refractivity contribution in [2.75, 3.05) is 5.88 Å². The summed E-state index contributed by atoms with van der Waals surface area (Å²) in [6.07, 6.45) is -0.493. The number of hydrogen-bond acceptors (Lipinski definition) is 1. The maximum atomic E-state index is 11.9. The second kappa shape index (κ2) is 2.02. The summed E-state index contributed by atoms with van der Waals surface area (Å²) in [7, 11) is 0. The van der Waals surface area contributed by atoms with E-state index in [0.717, 1.165) is 0 Å². The molecule has 1 aliphatic rings. The Morgan fingerprint density at radius 3 is 2.50 bits per heavy atom. The van der Waals surface area contributed by atoms with Gasteiger partial charge in [0.25, 0.3) is 0 Å². The van der Waals surface area contributed by atoms with Crippen molar-refractivity contribution in [2.24, 2.45) is 5.92 Å². The highest BCUT2D eigenvalue weighted by molar-refractivity contribution is 6.28. The Hall–Kier alpha value is -0.110. The van der Waals surface area contributed by atoms with Gasteiger partial charge in [-0.25, -0.2) is 4.39 Å². The fraction of sp³-hybridized carbons (Fsp3) is 0.800. The zero-order valence-electron chi connectivity index (χ0n) is 4.23. The van der Waals surface area contributed by atoms with E-state index in [1.807, 2.05) is 0 Å². The SMILES string of the molecule is O=C(CCl)C1CC1F. The van der Waals surface area contributed by atoms with Crippen LogP contribution in [-0.2, 0) is 4.79 Å². The number of carbonyl (C=O) groups excluding carboxylic acids is 1. The Morgan fingerprint density at radius 1 is 1.88 bits per heavy atom. The summed E-state index contributed by atoms with van der Waals surface area (Å²) in [5.41, 5.74) is 0. The van der Waals surface area contributed by atoms with E-state index in [0.29, 0.717) is 6.42 Å². The third kappa shape index (κ3) is 0.996. The minimum Gasteiger partial charge on any atom is -0.298 e. The summed E-state index contributed by atoms with van der Waals surface area (Å²) in [5.74, 6) is -0.544. The molecule has 0 saturated heterocycles. The zero-order valence-corrected chi connectivity index (χ0v) is 4.99. The third-order valence-electron chi connectivity index (χ3n) is 1.26. The fourth-order valence-corrected chi connectivity index (χ4v) is 0.794. The Balaban J connectivity index is 2.28. The largest absolute Gasteiger partial charge is 0.298 e. The second-order valence-electron chi connectivity index (χ2n) is 1.96. The van der Waals surface area contributed by atoms with Gasteiger partial charge < -0.3 is 0 Å². The lowest BCUT2D eigenvalue weighted by Crippen LogP contribution is -2.03. The maximum Gasteiger partial charge on any atom is 0.153 e. The van der Waals surface area contributed by atoms with Crippen LogP contribution in [0.4, 0.5) is 4.39 Å². The molecule has 0 amide bonds. The summed E-state index contributed by atoms with van der Waals surface area (Å²) < 4.78 is 11.9. The molecule has 0 bridgehead atoms. The quantitative estimate of drug-likeness (QED) is 0.521. The smallest absolute Gasteiger partial charge is 0.153 e. The molecule has 1 nitrogen and oxygen atoms in total. The lowest BCUT2D eigenvalue weighted by Gasteiger charge is -1.84. The number of carbonyl (C=O) groups is 1. The molecule has 0 aromatic heterocycles. The average Bonchev–Trinajstić information content (AvgIpc) is 2.45. The first-order valence-corrected chi connectivity index (χ1v) is 3.02. The standard InChI is InChI=1S/C5H6ClFO/c6-2-5(8)3-1-4(3)7/h3-4H,1-2H2. The molecule has 0 heterocycles. The Kier molecular flexibility index (Phi) is 1.52. The third-order valence-corrected chi connectivity index (χ3v) is 1.52. The molecule has 46 valence electrons. The van der Waals surface area contributed by atoms with Crippen LogP contribution in [0, 0.1) is 5.92 Å². The van der Waals surface area contributed by atoms with Crippen LogP contribution < -0.4 is 0 Å². The van der Waals surface area contributed by atoms with Crippen LogP contribution in [0.1, 0.15) is 6.42 Å². The molecule has 0 N–H and O–H groups in total. The van der Waals surface area contributed by atoms with Crippen molar-refractivity contribution in [1.29, 1.82) is 0 Å². The molecule has 1 fully saturated rings. The number of ketones is 1. The molecule has 3 heteroatoms. The first kappa shape index (κ1) is 6.02. The summed E-state index contributed by atoms with van der Waals surface area (Å²) >= 11 is 5.14. The van der Waals surface area contributed by atoms with Crippen LogP contribution in [0.3, 0.4) is 0 Å². The minimum atomic E-state index is -0.888. The highest BCUT2D eigenvalue weighted by atomic mass is 35.5. The fourth-order valence-electron chi connectivity index (χ4n) is 0.596. The van der Waals surface area contributed by atoms with E-state index >= 15 is 0 Å². The van der Waals surface area contributed by atoms with Gasteiger partial charge in [-0.3, -0.25) is 4.79 Å². The number of halogens is 2. The van der Waals surface area contributed by atoms with E-state index in [1.165, 1.54) is 0 Å². The molecule has 1 saturated carbocycles. The zero-order chi connectivity index (χ0) is 6.15. The molecule has 0 spiro atoms. The molecule has 1 rings (SSSR count). The number of rotatable bonds is 2. The van der Waals surface area contributed by atoms with Gasteiger partial charge in [-0.05, 0) is 6.42 Å². The average molecular weight is 137 g/mol. The molecule has 0 radical (unpaired) electrons. The molecule has 2 atom stereocenters. The van der Waals surface area contributed by atoms with Gasteiger partial charge in [0.1, 0.15) is 6.17 Å². The highest BCUT2D eigenvalue weighted by Gasteiger charge is 2.42. The topological polar surface area (TPSA) is 17.1 Å². The van der Waals surface area contributed by atoms with Crippen LogP contribution in [0.15, 0.2) is 0 Å². The summed E-state index contributed by atoms with van der Waals surface area (Å²) in [6.45, 7) is 0. The van der Waals surface area contributed by atoms with Crippen LogP contribution in [0.2, 0.25) is 0 Å². The Bertz CT molecular complexity index is 115. The normalized spacial score (nSPS) is 34.8. The van der Waals surface area contributed by atoms with Crippen molar-refractivity contribution >= 4 is 17.4 Å². The lowest BCUT2D eigenvalue weighted by molar-refractivity contribution is -0.118. The van der Waals surface area contributed by atoms with Gasteiger partial charge in [-0.15, -0.1) is 11.6 Å². The summed E-state index contributed by atoms with van der Waals surface area (Å²) in [6, 6.07) is 0. The monoisotopic (exact) mass is 136 g/mol. The molecule has 0 aliphatic heterocycles. The van der Waals surface area contributed by atoms with Gasteiger partial charge in [0.05, 0.1) is 11.8 Å². The van der Waals surface area contributed by atoms with E-state index < -0.39 is 6.17 Å². The highest BCUT2D eigenvalue weighted by Crippen LogP contribution is 2.34. The first-order chi connectivity index (χ1) is 3.75. The van der Waals surface area contributed by atoms with Crippen molar-refractivity contribution in [3.63, 3.8) is 0 Å². The van der Waals surface area contributed by atoms with Gasteiger partial charge in [0.15, 0.2) is 5.78 Å². The van der Waals surface area contributed by atoms with Crippen molar-refractivity contribution in [3.05, 3.63) is 0 Å². The minimum absolute atomic E-state index is 0.0366. The van der Waals surface area contributed by atoms with Crippen molar-refractivity contribution in [1.82, 2.24) is 0 Å². The van der Waals surface area contributed by atoms with Crippen LogP contribution >= 0.6 is 11.6 Å². The number of alkyl halides is 2. The molecular formula is C5H6ClFO. The van der Waals surface area contributed by atoms with Gasteiger partial charge >= 0.3 is 0 Å². The van der Waals surface area contributed by atoms with Gasteiger partial charge in [-0.2, -0.15) is 0 Å². The molecule has 0 aromatic rings. The van der Waals surface area contributed by atoms with Crippen molar-refractivity contribution in [3.8, 4) is 0 Å². The Labute approximate surface area is 51.8 Å². The van der Waals surface area contributed by atoms with Crippen LogP contribution in [0.5, 0.6) is 0 Å². The van der Waals surface area contributed by atoms with E-state index in [2.05, 4.69) is 0 Å². The van der Waals surface area contributed by atoms with Crippen molar-refractivity contribution in [2.45, 2.75) is 12.6 Å². The summed E-state index contributed by atoms with van der Waals surface area (Å²) in [5, 5.41) is 0. The van der Waals surface area contributed by atoms with Gasteiger partial charge in [-0.1, -0.05) is 0 Å². The molecule has 0 aromatic carbocycles. The number of hydrogen-bond donors (Lipinski definition) is 0. The second-order valence-corrected chi connectivity index (χ2v) is 2.23. The van der Waals surface area contributed by atoms with E-state index in [9.17, 15) is 9.18 Å². The number of Topliss-reactive ketones (excluding diaryl/α,β-unsaturated/α-hetero) is 1. The molecular weight excluding hydrogens is 131 g/mol. The summed E-state index contributed by atoms with van der Waals surface area (Å²) in [4.78, 5) is 10.4. The van der Waals surface area contributed by atoms with Gasteiger partial charge in [0.2, 0.25) is 0 Å². The van der Waals surface area contributed by atoms with Crippen molar-refractivity contribution < 1.29 is 9.18 Å². The predicted molar refractivity (Wildman–Crippen MR) is 28.7 cm³/mol. The van der Waals surface area contributed by atoms with E-state index in [4.69, 9.17) is 11.6 Å². The van der Waals surface area contributed by atoms with E-state index in [1.54, 1.807) is 0 Å². The van der Waals surface area contributed by atoms with Crippen LogP contribution in [-0.4, -0.2) is 17.8 Å². The van der Waals surface area contributed by atoms with E-state index in [-0.39, 0.29) is 17.6 Å². The Morgan fingerprint density at radius 2 is 2.38 bits per heavy atom. The molecule has 8 heavy (non-hydrogen) atoms. The maximum absolute atomic E-state index is 11.9. The molecule has 1 aliphatic carbocycles. The predicted octanol–water partition coefficient (Wildman–Crippen LogP) is 1.15. The van der Waals surface area contributed by atoms with Gasteiger partial charge in [0, 0.05) is 0 Å². The molecule has 2 unspecified atom stereocenters. The lowest BCUT2D eigenvalue weighted by atomic mass is 10.3. The van der Waals surface area contributed by atoms with Crippen LogP contribution in [0.25, 0.3) is 0 Å².